The lowest BCUT2D eigenvalue weighted by Gasteiger charge is -2.14. The molecule has 1 aromatic rings. The average Bonchev–Trinajstić information content (AvgIpc) is 2.75. The van der Waals surface area contributed by atoms with Gasteiger partial charge in [-0.15, -0.1) is 0 Å². The van der Waals surface area contributed by atoms with Crippen LogP contribution in [-0.4, -0.2) is 52.8 Å². The summed E-state index contributed by atoms with van der Waals surface area (Å²) in [5, 5.41) is 2.72. The fourth-order valence-corrected chi connectivity index (χ4v) is 4.94. The summed E-state index contributed by atoms with van der Waals surface area (Å²) in [5.41, 5.74) is 0.717. The van der Waals surface area contributed by atoms with Gasteiger partial charge >= 0.3 is 0 Å². The molecule has 1 saturated heterocycles. The fourth-order valence-electron chi connectivity index (χ4n) is 2.27. The Balaban J connectivity index is 2.04. The van der Waals surface area contributed by atoms with Gasteiger partial charge in [-0.1, -0.05) is 0 Å². The Labute approximate surface area is 126 Å². The van der Waals surface area contributed by atoms with E-state index in [2.05, 4.69) is 5.32 Å². The smallest absolute Gasteiger partial charge is 0.242 e. The van der Waals surface area contributed by atoms with E-state index in [1.807, 2.05) is 0 Å². The van der Waals surface area contributed by atoms with Crippen LogP contribution in [0, 0.1) is 0 Å². The molecule has 1 unspecified atom stereocenters. The maximum atomic E-state index is 11.9. The zero-order chi connectivity index (χ0) is 15.7. The molecule has 2 rings (SSSR count). The number of nitrogens with one attached hydrogen (secondary N) is 1. The molecule has 0 bridgehead atoms. The normalized spacial score (nSPS) is 21.6. The van der Waals surface area contributed by atoms with E-state index in [9.17, 15) is 16.8 Å². The SMILES string of the molecule is CN(C)S(=O)(=O)c1ccc(NCC2CCCS2(=O)=O)cc1. The summed E-state index contributed by atoms with van der Waals surface area (Å²) >= 11 is 0. The van der Waals surface area contributed by atoms with E-state index in [0.717, 1.165) is 9.99 Å². The van der Waals surface area contributed by atoms with Crippen molar-refractivity contribution in [3.05, 3.63) is 24.3 Å². The van der Waals surface area contributed by atoms with E-state index < -0.39 is 19.9 Å². The average molecular weight is 332 g/mol. The highest BCUT2D eigenvalue weighted by Crippen LogP contribution is 2.21. The van der Waals surface area contributed by atoms with Crippen LogP contribution in [0.4, 0.5) is 5.69 Å². The first-order chi connectivity index (χ1) is 9.73. The van der Waals surface area contributed by atoms with Gasteiger partial charge in [0.15, 0.2) is 9.84 Å². The molecule has 118 valence electrons. The molecule has 1 aliphatic rings. The van der Waals surface area contributed by atoms with E-state index in [1.54, 1.807) is 12.1 Å². The minimum absolute atomic E-state index is 0.214. The zero-order valence-corrected chi connectivity index (χ0v) is 13.7. The maximum Gasteiger partial charge on any atom is 0.242 e. The van der Waals surface area contributed by atoms with Crippen molar-refractivity contribution < 1.29 is 16.8 Å². The molecule has 1 fully saturated rings. The summed E-state index contributed by atoms with van der Waals surface area (Å²) in [6.07, 6.45) is 1.40. The quantitative estimate of drug-likeness (QED) is 0.867. The summed E-state index contributed by atoms with van der Waals surface area (Å²) < 4.78 is 48.4. The van der Waals surface area contributed by atoms with Gasteiger partial charge in [0.05, 0.1) is 15.9 Å². The van der Waals surface area contributed by atoms with Gasteiger partial charge in [0.1, 0.15) is 0 Å². The summed E-state index contributed by atoms with van der Waals surface area (Å²) in [5.74, 6) is 0.263. The van der Waals surface area contributed by atoms with E-state index in [1.165, 1.54) is 26.2 Å². The second-order valence-corrected chi connectivity index (χ2v) is 9.88. The highest BCUT2D eigenvalue weighted by Gasteiger charge is 2.30. The number of hydrogen-bond acceptors (Lipinski definition) is 5. The minimum atomic E-state index is -3.43. The Bertz CT molecular complexity index is 694. The Morgan fingerprint density at radius 1 is 1.24 bits per heavy atom. The topological polar surface area (TPSA) is 83.6 Å². The lowest BCUT2D eigenvalue weighted by atomic mass is 10.2. The van der Waals surface area contributed by atoms with Crippen LogP contribution in [-0.2, 0) is 19.9 Å². The molecule has 0 amide bonds. The van der Waals surface area contributed by atoms with Gasteiger partial charge in [-0.25, -0.2) is 21.1 Å². The van der Waals surface area contributed by atoms with Gasteiger partial charge in [-0.05, 0) is 37.1 Å². The van der Waals surface area contributed by atoms with Crippen LogP contribution in [0.5, 0.6) is 0 Å². The van der Waals surface area contributed by atoms with E-state index in [0.29, 0.717) is 19.4 Å². The predicted octanol–water partition coefficient (Wildman–Crippen LogP) is 0.926. The van der Waals surface area contributed by atoms with Gasteiger partial charge in [-0.2, -0.15) is 0 Å². The third-order valence-corrected chi connectivity index (χ3v) is 7.73. The van der Waals surface area contributed by atoms with Crippen molar-refractivity contribution in [3.63, 3.8) is 0 Å². The van der Waals surface area contributed by atoms with Gasteiger partial charge in [0, 0.05) is 26.3 Å². The van der Waals surface area contributed by atoms with Crippen molar-refractivity contribution in [1.82, 2.24) is 4.31 Å². The molecule has 0 aliphatic carbocycles. The van der Waals surface area contributed by atoms with Crippen molar-refractivity contribution in [2.75, 3.05) is 31.7 Å². The third-order valence-electron chi connectivity index (χ3n) is 3.63. The molecule has 1 aromatic carbocycles. The number of benzene rings is 1. The molecule has 8 heteroatoms. The van der Waals surface area contributed by atoms with Crippen LogP contribution >= 0.6 is 0 Å². The van der Waals surface area contributed by atoms with E-state index >= 15 is 0 Å². The first-order valence-electron chi connectivity index (χ1n) is 6.71. The van der Waals surface area contributed by atoms with Crippen molar-refractivity contribution in [2.24, 2.45) is 0 Å². The van der Waals surface area contributed by atoms with Crippen molar-refractivity contribution in [2.45, 2.75) is 23.0 Å². The summed E-state index contributed by atoms with van der Waals surface area (Å²) in [6.45, 7) is 0.363. The van der Waals surface area contributed by atoms with Crippen LogP contribution in [0.15, 0.2) is 29.2 Å². The van der Waals surface area contributed by atoms with Gasteiger partial charge in [-0.3, -0.25) is 0 Å². The van der Waals surface area contributed by atoms with Crippen molar-refractivity contribution >= 4 is 25.5 Å². The van der Waals surface area contributed by atoms with Gasteiger partial charge in [0.25, 0.3) is 0 Å². The summed E-state index contributed by atoms with van der Waals surface area (Å²) in [4.78, 5) is 0.214. The molecular weight excluding hydrogens is 312 g/mol. The third kappa shape index (κ3) is 3.56. The maximum absolute atomic E-state index is 11.9. The highest BCUT2D eigenvalue weighted by molar-refractivity contribution is 7.92. The molecule has 6 nitrogen and oxygen atoms in total. The first kappa shape index (κ1) is 16.3. The van der Waals surface area contributed by atoms with Crippen LogP contribution in [0.25, 0.3) is 0 Å². The minimum Gasteiger partial charge on any atom is -0.384 e. The number of sulfonamides is 1. The highest BCUT2D eigenvalue weighted by atomic mass is 32.2. The molecule has 1 heterocycles. The lowest BCUT2D eigenvalue weighted by molar-refractivity contribution is 0.521. The molecule has 0 saturated carbocycles. The van der Waals surface area contributed by atoms with Crippen LogP contribution in [0.2, 0.25) is 0 Å². The van der Waals surface area contributed by atoms with Crippen molar-refractivity contribution in [3.8, 4) is 0 Å². The number of rotatable bonds is 5. The fraction of sp³-hybridized carbons (Fsp3) is 0.538. The van der Waals surface area contributed by atoms with E-state index in [4.69, 9.17) is 0 Å². The number of anilines is 1. The Morgan fingerprint density at radius 3 is 2.33 bits per heavy atom. The van der Waals surface area contributed by atoms with Crippen LogP contribution < -0.4 is 5.32 Å². The Hall–Kier alpha value is -1.12. The lowest BCUT2D eigenvalue weighted by Crippen LogP contribution is -2.25. The molecule has 0 aromatic heterocycles. The molecule has 1 aliphatic heterocycles. The van der Waals surface area contributed by atoms with E-state index in [-0.39, 0.29) is 15.9 Å². The largest absolute Gasteiger partial charge is 0.384 e. The molecule has 21 heavy (non-hydrogen) atoms. The van der Waals surface area contributed by atoms with Crippen molar-refractivity contribution in [1.29, 1.82) is 0 Å². The van der Waals surface area contributed by atoms with Crippen LogP contribution in [0.1, 0.15) is 12.8 Å². The zero-order valence-electron chi connectivity index (χ0n) is 12.1. The second kappa shape index (κ2) is 5.94. The Kier molecular flexibility index (Phi) is 4.60. The summed E-state index contributed by atoms with van der Waals surface area (Å²) in [6, 6.07) is 6.33. The molecule has 0 radical (unpaired) electrons. The number of sulfone groups is 1. The first-order valence-corrected chi connectivity index (χ1v) is 9.87. The molecule has 0 spiro atoms. The number of nitrogens with zero attached hydrogens (tertiary/aromatic N) is 1. The second-order valence-electron chi connectivity index (χ2n) is 5.32. The Morgan fingerprint density at radius 2 is 1.86 bits per heavy atom. The molecular formula is C13H20N2O4S2. The van der Waals surface area contributed by atoms with Crippen LogP contribution in [0.3, 0.4) is 0 Å². The predicted molar refractivity (Wildman–Crippen MR) is 82.6 cm³/mol. The van der Waals surface area contributed by atoms with Gasteiger partial charge in [0.2, 0.25) is 10.0 Å². The molecule has 1 N–H and O–H groups in total. The number of hydrogen-bond donors (Lipinski definition) is 1. The standard InChI is InChI=1S/C13H20N2O4S2/c1-15(2)21(18,19)12-7-5-11(6-8-12)14-10-13-4-3-9-20(13,16)17/h5-8,13-14H,3-4,9-10H2,1-2H3. The van der Waals surface area contributed by atoms with Gasteiger partial charge < -0.3 is 5.32 Å². The summed E-state index contributed by atoms with van der Waals surface area (Å²) in [7, 11) is -3.44. The molecule has 1 atom stereocenters. The monoisotopic (exact) mass is 332 g/mol.